The van der Waals surface area contributed by atoms with E-state index < -0.39 is 347 Å². The molecule has 3 amide bonds. The molecule has 8 saturated heterocycles. The van der Waals surface area contributed by atoms with Crippen LogP contribution in [0.3, 0.4) is 0 Å². The molecule has 0 aromatic rings. The molecular weight excluding hydrogens is 1480 g/mol. The summed E-state index contributed by atoms with van der Waals surface area (Å²) in [5.74, 6) is -2.76. The second-order valence-corrected chi connectivity index (χ2v) is 27.2. The van der Waals surface area contributed by atoms with Gasteiger partial charge in [0.2, 0.25) is 17.7 Å². The number of carbonyl (C=O) groups is 3. The molecule has 0 unspecified atom stereocenters. The Hall–Kier alpha value is -3.27. The molecule has 8 rings (SSSR count). The lowest BCUT2D eigenvalue weighted by Crippen LogP contribution is -2.70. The van der Waals surface area contributed by atoms with Gasteiger partial charge in [-0.1, -0.05) is 0 Å². The third kappa shape index (κ3) is 20.3. The van der Waals surface area contributed by atoms with Gasteiger partial charge in [-0.15, -0.1) is 0 Å². The maximum atomic E-state index is 13.2. The summed E-state index contributed by atoms with van der Waals surface area (Å²) in [5.41, 5.74) is 0. The van der Waals surface area contributed by atoms with Crippen molar-refractivity contribution in [3.8, 4) is 0 Å². The van der Waals surface area contributed by atoms with Gasteiger partial charge >= 0.3 is 0 Å². The Labute approximate surface area is 612 Å². The maximum Gasteiger partial charge on any atom is 0.217 e. The lowest BCUT2D eigenvalue weighted by Gasteiger charge is -2.50. The Morgan fingerprint density at radius 1 is 0.324 bits per heavy atom. The average molecular weight is 1590 g/mol. The first-order valence-corrected chi connectivity index (χ1v) is 34.4. The molecule has 0 aromatic carbocycles. The summed E-state index contributed by atoms with van der Waals surface area (Å²) in [7, 11) is 0. The van der Waals surface area contributed by atoms with Crippen molar-refractivity contribution in [3.05, 3.63) is 0 Å². The van der Waals surface area contributed by atoms with Crippen LogP contribution >= 0.6 is 0 Å². The van der Waals surface area contributed by atoms with E-state index in [1.165, 1.54) is 6.92 Å². The summed E-state index contributed by atoms with van der Waals surface area (Å²) in [6.45, 7) is -5.90. The van der Waals surface area contributed by atoms with Gasteiger partial charge in [0, 0.05) is 20.8 Å². The SMILES string of the molecule is CC(=O)N[C@H]1[C@H](O[C@@H]([C@H](O[C@@H]2O[C@@H](C)[C@@H](O)[C@@H](O)[C@@H]2O)[C@H](CO)NC(C)=O)[C@H](O)CO)O[C@H](CO)[C@@H](O[C@@H]2O[C@H](CO[C@H]3O[C@H](CO[C@H]4O[C@H](CO)[C@@H](O)[C@H](O)[C@@H]4O)[C@@H](O)[C@H](O[C@H]4O[C@H](CO)[C@@H](O)[C@H](O)[C@@H]4O)[C@@H]3O)[C@@H](O)[C@H](O[C@H]3O[C@H](CO)[C@@H](O)[C@H](O)[C@@H]3O[C@@H]3O[C@H](CO)[C@@H](O)[C@H](O)[C@H]3NC(C)=O)[C@@H]2O)[C@@H]1O. The van der Waals surface area contributed by atoms with Crippen LogP contribution in [0, 0.1) is 0 Å². The highest BCUT2D eigenvalue weighted by Gasteiger charge is 2.60. The topological polar surface area (TPSA) is 761 Å². The maximum absolute atomic E-state index is 13.2. The molecule has 48 heteroatoms. The van der Waals surface area contributed by atoms with Crippen LogP contribution in [0.4, 0.5) is 0 Å². The highest BCUT2D eigenvalue weighted by molar-refractivity contribution is 5.74. The van der Waals surface area contributed by atoms with E-state index in [-0.39, 0.29) is 0 Å². The molecule has 29 N–H and O–H groups in total. The van der Waals surface area contributed by atoms with Gasteiger partial charge < -0.3 is 225 Å². The van der Waals surface area contributed by atoms with Crippen LogP contribution in [0.5, 0.6) is 0 Å². The third-order valence-electron chi connectivity index (χ3n) is 19.6. The number of rotatable bonds is 31. The summed E-state index contributed by atoms with van der Waals surface area (Å²) >= 11 is 0. The van der Waals surface area contributed by atoms with Gasteiger partial charge in [0.05, 0.1) is 71.6 Å². The van der Waals surface area contributed by atoms with Gasteiger partial charge in [0.1, 0.15) is 207 Å². The molecule has 48 nitrogen and oxygen atoms in total. The predicted molar refractivity (Wildman–Crippen MR) is 333 cm³/mol. The van der Waals surface area contributed by atoms with E-state index in [0.717, 1.165) is 20.8 Å². The number of nitrogens with one attached hydrogen (secondary N) is 3. The lowest BCUT2D eigenvalue weighted by atomic mass is 9.94. The van der Waals surface area contributed by atoms with Crippen LogP contribution in [0.15, 0.2) is 0 Å². The molecule has 44 atom stereocenters. The molecule has 0 bridgehead atoms. The number of aliphatic hydroxyl groups excluding tert-OH is 26. The van der Waals surface area contributed by atoms with E-state index in [0.29, 0.717) is 0 Å². The summed E-state index contributed by atoms with van der Waals surface area (Å²) in [5, 5.41) is 293. The van der Waals surface area contributed by atoms with E-state index >= 15 is 0 Å². The first-order chi connectivity index (χ1) is 51.0. The third-order valence-corrected chi connectivity index (χ3v) is 19.6. The number of aliphatic hydroxyl groups is 26. The fourth-order valence-electron chi connectivity index (χ4n) is 13.5. The van der Waals surface area contributed by atoms with Crippen molar-refractivity contribution in [1.29, 1.82) is 0 Å². The van der Waals surface area contributed by atoms with Crippen LogP contribution in [0.25, 0.3) is 0 Å². The predicted octanol–water partition coefficient (Wildman–Crippen LogP) is -19.5. The first-order valence-electron chi connectivity index (χ1n) is 34.4. The summed E-state index contributed by atoms with van der Waals surface area (Å²) in [4.78, 5) is 38.2. The van der Waals surface area contributed by atoms with E-state index in [1.807, 2.05) is 0 Å². The molecule has 8 aliphatic rings. The second kappa shape index (κ2) is 39.9. The molecule has 8 heterocycles. The first kappa shape index (κ1) is 90.3. The second-order valence-electron chi connectivity index (χ2n) is 27.2. The average Bonchev–Trinajstić information content (AvgIpc) is 0.768. The van der Waals surface area contributed by atoms with Gasteiger partial charge in [0.15, 0.2) is 50.3 Å². The number of hydrogen-bond donors (Lipinski definition) is 29. The highest BCUT2D eigenvalue weighted by atomic mass is 16.8. The van der Waals surface area contributed by atoms with Crippen molar-refractivity contribution in [2.24, 2.45) is 0 Å². The molecule has 0 saturated carbocycles. The van der Waals surface area contributed by atoms with Crippen LogP contribution in [0.2, 0.25) is 0 Å². The minimum absolute atomic E-state index is 0.870. The number of amides is 3. The monoisotopic (exact) mass is 1590 g/mol. The van der Waals surface area contributed by atoms with Gasteiger partial charge in [-0.3, -0.25) is 14.4 Å². The smallest absolute Gasteiger partial charge is 0.217 e. The zero-order valence-corrected chi connectivity index (χ0v) is 58.2. The normalized spacial score (nSPS) is 47.3. The van der Waals surface area contributed by atoms with Crippen LogP contribution in [-0.2, 0) is 90.2 Å². The lowest BCUT2D eigenvalue weighted by molar-refractivity contribution is -0.395. The zero-order chi connectivity index (χ0) is 79.9. The summed E-state index contributed by atoms with van der Waals surface area (Å²) in [6, 6.07) is -5.59. The fourth-order valence-corrected chi connectivity index (χ4v) is 13.5. The van der Waals surface area contributed by atoms with E-state index in [9.17, 15) is 147 Å². The molecule has 0 radical (unpaired) electrons. The molecule has 0 aliphatic carbocycles. The molecule has 0 aromatic heterocycles. The summed E-state index contributed by atoms with van der Waals surface area (Å²) < 4.78 is 94.1. The van der Waals surface area contributed by atoms with Gasteiger partial charge in [-0.2, -0.15) is 0 Å². The fraction of sp³-hybridized carbons (Fsp3) is 0.950. The van der Waals surface area contributed by atoms with Crippen molar-refractivity contribution in [3.63, 3.8) is 0 Å². The Morgan fingerprint density at radius 2 is 0.694 bits per heavy atom. The van der Waals surface area contributed by atoms with Crippen molar-refractivity contribution >= 4 is 17.7 Å². The molecule has 8 fully saturated rings. The van der Waals surface area contributed by atoms with Crippen molar-refractivity contribution < 1.29 is 223 Å². The Balaban J connectivity index is 1.16. The number of hydrogen-bond acceptors (Lipinski definition) is 45. The molecule has 628 valence electrons. The number of carbonyl (C=O) groups excluding carboxylic acids is 3. The van der Waals surface area contributed by atoms with Crippen LogP contribution in [0.1, 0.15) is 27.7 Å². The highest BCUT2D eigenvalue weighted by Crippen LogP contribution is 2.39. The minimum Gasteiger partial charge on any atom is -0.394 e. The Kier molecular flexibility index (Phi) is 33.3. The van der Waals surface area contributed by atoms with Gasteiger partial charge in [0.25, 0.3) is 0 Å². The van der Waals surface area contributed by atoms with E-state index in [4.69, 9.17) is 75.8 Å². The zero-order valence-electron chi connectivity index (χ0n) is 58.2. The standard InChI is InChI=1S/C60H103N3O45/c1-14-29(75)38(84)43(89)57(95-14)103-47(18(5-64)61-15(2)71)48(19(74)6-65)104-54-28(63-17(4)73)37(83)49(24(11-70)100-54)105-59-46(92)51(107-60-52(41(87)33(79)23(10-69)99-60)108-53-27(62-16(3)72)36(82)30(76)20(7-66)96-53)35(81)26(102-59)13-94-56-45(91)50(106-58-44(90)40(86)32(78)22(9-68)98-58)34(80)25(101-56)12-93-55-42(88)39(85)31(77)21(8-67)97-55/h14,18-60,64-70,74-92H,5-13H2,1-4H3,(H,61,71)(H,62,72)(H,63,73)/t14-,18-,19+,20+,21+,22+,23+,24+,25+,26+,27+,28+,29+,30+,31+,32+,33+,34+,35+,36+,37+,38+,39-,40-,41-,42-,43-,44-,45-,46-,47+,48+,49+,50-,51-,52-,53-,54-,55-,56-,57-,58+,59-,60+/m0/s1. The van der Waals surface area contributed by atoms with E-state index in [2.05, 4.69) is 16.0 Å². The molecule has 0 spiro atoms. The molecule has 8 aliphatic heterocycles. The quantitative estimate of drug-likeness (QED) is 0.0306. The van der Waals surface area contributed by atoms with Crippen LogP contribution < -0.4 is 16.0 Å². The van der Waals surface area contributed by atoms with E-state index in [1.54, 1.807) is 0 Å². The Bertz CT molecular complexity index is 2770. The van der Waals surface area contributed by atoms with Gasteiger partial charge in [-0.25, -0.2) is 0 Å². The number of ether oxygens (including phenoxy) is 16. The van der Waals surface area contributed by atoms with Gasteiger partial charge in [-0.05, 0) is 6.92 Å². The van der Waals surface area contributed by atoms with Crippen molar-refractivity contribution in [2.45, 2.75) is 298 Å². The van der Waals surface area contributed by atoms with Crippen molar-refractivity contribution in [1.82, 2.24) is 16.0 Å². The largest absolute Gasteiger partial charge is 0.394 e. The minimum atomic E-state index is -2.58. The molecular formula is C60H103N3O45. The van der Waals surface area contributed by atoms with Crippen molar-refractivity contribution in [2.75, 3.05) is 59.5 Å². The summed E-state index contributed by atoms with van der Waals surface area (Å²) in [6.07, 6.45) is -85.9. The molecule has 108 heavy (non-hydrogen) atoms. The Morgan fingerprint density at radius 3 is 1.19 bits per heavy atom. The van der Waals surface area contributed by atoms with Crippen LogP contribution in [-0.4, -0.2) is 480 Å².